The van der Waals surface area contributed by atoms with E-state index in [0.29, 0.717) is 18.9 Å². The molecule has 0 unspecified atom stereocenters. The Morgan fingerprint density at radius 3 is 2.69 bits per heavy atom. The molecule has 7 heteroatoms. The number of carbonyl (C=O) groups excluding carboxylic acids is 1. The molecule has 0 saturated carbocycles. The highest BCUT2D eigenvalue weighted by atomic mass is 16.1. The molecule has 3 aromatic rings. The summed E-state index contributed by atoms with van der Waals surface area (Å²) in [5.74, 6) is 1.34. The van der Waals surface area contributed by atoms with Gasteiger partial charge in [0, 0.05) is 25.8 Å². The van der Waals surface area contributed by atoms with Crippen LogP contribution in [0, 0.1) is 13.8 Å². The van der Waals surface area contributed by atoms with Crippen LogP contribution in [0.3, 0.4) is 0 Å². The lowest BCUT2D eigenvalue weighted by molar-refractivity contribution is -0.119. The standard InChI is InChI=1S/C19H24N6O.H2/c1-12-13(2)23-19-16(12)18(22-10-6-9-21-15(26)11-20)24-17(25-19)14-7-4-3-5-8-14;/h3-5,7-8H,6,9-11,20H2,1-2H3,(H,21,26)(H2,22,23,24,25);1H. The first kappa shape index (κ1) is 17.9. The molecule has 26 heavy (non-hydrogen) atoms. The van der Waals surface area contributed by atoms with Gasteiger partial charge in [-0.3, -0.25) is 4.79 Å². The summed E-state index contributed by atoms with van der Waals surface area (Å²) in [6.45, 7) is 5.38. The number of amides is 1. The Labute approximate surface area is 153 Å². The average molecular weight is 354 g/mol. The molecule has 0 spiro atoms. The Bertz CT molecular complexity index is 909. The van der Waals surface area contributed by atoms with Gasteiger partial charge in [0.1, 0.15) is 11.5 Å². The van der Waals surface area contributed by atoms with Gasteiger partial charge in [0.2, 0.25) is 5.91 Å². The monoisotopic (exact) mass is 354 g/mol. The minimum Gasteiger partial charge on any atom is -0.369 e. The van der Waals surface area contributed by atoms with Crippen LogP contribution in [0.15, 0.2) is 30.3 Å². The number of fused-ring (bicyclic) bond motifs is 1. The summed E-state index contributed by atoms with van der Waals surface area (Å²) in [6, 6.07) is 9.91. The Morgan fingerprint density at radius 1 is 1.19 bits per heavy atom. The number of aromatic amines is 1. The zero-order valence-electron chi connectivity index (χ0n) is 15.1. The van der Waals surface area contributed by atoms with Gasteiger partial charge in [-0.1, -0.05) is 30.3 Å². The molecule has 0 aliphatic heterocycles. The smallest absolute Gasteiger partial charge is 0.233 e. The molecule has 5 N–H and O–H groups in total. The van der Waals surface area contributed by atoms with Crippen LogP contribution in [0.2, 0.25) is 0 Å². The summed E-state index contributed by atoms with van der Waals surface area (Å²) in [6.07, 6.45) is 0.778. The Kier molecular flexibility index (Phi) is 5.48. The van der Waals surface area contributed by atoms with Crippen molar-refractivity contribution in [2.45, 2.75) is 20.3 Å². The normalized spacial score (nSPS) is 10.9. The first-order valence-corrected chi connectivity index (χ1v) is 8.73. The number of nitrogens with zero attached hydrogens (tertiary/aromatic N) is 2. The van der Waals surface area contributed by atoms with E-state index in [-0.39, 0.29) is 13.9 Å². The second-order valence-corrected chi connectivity index (χ2v) is 6.19. The molecule has 1 amide bonds. The van der Waals surface area contributed by atoms with E-state index in [0.717, 1.165) is 40.1 Å². The third-order valence-corrected chi connectivity index (χ3v) is 4.34. The van der Waals surface area contributed by atoms with Gasteiger partial charge in [0.15, 0.2) is 5.82 Å². The number of hydrogen-bond acceptors (Lipinski definition) is 5. The second kappa shape index (κ2) is 7.97. The van der Waals surface area contributed by atoms with Crippen LogP contribution >= 0.6 is 0 Å². The minimum absolute atomic E-state index is 0. The molecule has 0 aliphatic rings. The molecule has 2 aromatic heterocycles. The number of carbonyl (C=O) groups is 1. The fraction of sp³-hybridized carbons (Fsp3) is 0.316. The van der Waals surface area contributed by atoms with Gasteiger partial charge in [0.25, 0.3) is 0 Å². The summed E-state index contributed by atoms with van der Waals surface area (Å²) in [7, 11) is 0. The number of rotatable bonds is 7. The molecule has 0 fully saturated rings. The number of aryl methyl sites for hydroxylation is 2. The maximum absolute atomic E-state index is 11.2. The fourth-order valence-electron chi connectivity index (χ4n) is 2.80. The summed E-state index contributed by atoms with van der Waals surface area (Å²) in [5.41, 5.74) is 9.30. The van der Waals surface area contributed by atoms with E-state index in [9.17, 15) is 4.79 Å². The molecule has 138 valence electrons. The lowest BCUT2D eigenvalue weighted by atomic mass is 10.2. The highest BCUT2D eigenvalue weighted by Gasteiger charge is 2.14. The van der Waals surface area contributed by atoms with Crippen LogP contribution in [0.1, 0.15) is 19.1 Å². The van der Waals surface area contributed by atoms with Crippen LogP contribution < -0.4 is 16.4 Å². The Morgan fingerprint density at radius 2 is 1.96 bits per heavy atom. The predicted octanol–water partition coefficient (Wildman–Crippen LogP) is 2.36. The van der Waals surface area contributed by atoms with Crippen molar-refractivity contribution in [3.8, 4) is 11.4 Å². The van der Waals surface area contributed by atoms with Gasteiger partial charge in [-0.05, 0) is 25.8 Å². The van der Waals surface area contributed by atoms with Crippen molar-refractivity contribution in [3.63, 3.8) is 0 Å². The van der Waals surface area contributed by atoms with E-state index in [2.05, 4.69) is 27.5 Å². The molecule has 0 saturated heterocycles. The van der Waals surface area contributed by atoms with Gasteiger partial charge in [-0.2, -0.15) is 0 Å². The predicted molar refractivity (Wildman–Crippen MR) is 106 cm³/mol. The summed E-state index contributed by atoms with van der Waals surface area (Å²) in [5, 5.41) is 7.16. The summed E-state index contributed by atoms with van der Waals surface area (Å²) in [4.78, 5) is 24.0. The molecule has 0 atom stereocenters. The molecule has 1 aromatic carbocycles. The zero-order chi connectivity index (χ0) is 18.5. The van der Waals surface area contributed by atoms with Crippen LogP contribution in [0.5, 0.6) is 0 Å². The lowest BCUT2D eigenvalue weighted by Crippen LogP contribution is -2.31. The van der Waals surface area contributed by atoms with E-state index < -0.39 is 0 Å². The number of hydrogen-bond donors (Lipinski definition) is 4. The van der Waals surface area contributed by atoms with Crippen LogP contribution in [0.25, 0.3) is 22.4 Å². The van der Waals surface area contributed by atoms with Crippen molar-refractivity contribution in [1.82, 2.24) is 20.3 Å². The molecule has 7 nitrogen and oxygen atoms in total. The topological polar surface area (TPSA) is 109 Å². The Hall–Kier alpha value is -2.93. The largest absolute Gasteiger partial charge is 0.369 e. The highest BCUT2D eigenvalue weighted by Crippen LogP contribution is 2.29. The molecule has 3 rings (SSSR count). The number of benzene rings is 1. The molecule has 0 bridgehead atoms. The maximum Gasteiger partial charge on any atom is 0.233 e. The summed E-state index contributed by atoms with van der Waals surface area (Å²) >= 11 is 0. The van der Waals surface area contributed by atoms with Crippen molar-refractivity contribution in [2.24, 2.45) is 5.73 Å². The van der Waals surface area contributed by atoms with Crippen molar-refractivity contribution in [1.29, 1.82) is 0 Å². The third kappa shape index (κ3) is 3.83. The molecule has 0 aliphatic carbocycles. The van der Waals surface area contributed by atoms with E-state index in [1.54, 1.807) is 0 Å². The number of aromatic nitrogens is 3. The number of nitrogens with two attached hydrogens (primary N) is 1. The minimum atomic E-state index is -0.141. The summed E-state index contributed by atoms with van der Waals surface area (Å²) < 4.78 is 0. The number of H-pyrrole nitrogens is 1. The SMILES string of the molecule is Cc1[nH]c2nc(-c3ccccc3)nc(NCCCNC(=O)CN)c2c1C.[HH]. The first-order chi connectivity index (χ1) is 12.6. The van der Waals surface area contributed by atoms with E-state index >= 15 is 0 Å². The molecular weight excluding hydrogens is 328 g/mol. The third-order valence-electron chi connectivity index (χ3n) is 4.34. The number of nitrogens with one attached hydrogen (secondary N) is 3. The van der Waals surface area contributed by atoms with Gasteiger partial charge in [0.05, 0.1) is 11.9 Å². The van der Waals surface area contributed by atoms with Gasteiger partial charge >= 0.3 is 0 Å². The average Bonchev–Trinajstić information content (AvgIpc) is 2.95. The quantitative estimate of drug-likeness (QED) is 0.487. The van der Waals surface area contributed by atoms with Crippen LogP contribution in [-0.2, 0) is 4.79 Å². The van der Waals surface area contributed by atoms with Crippen LogP contribution in [-0.4, -0.2) is 40.5 Å². The molecular formula is C19H26N6O. The van der Waals surface area contributed by atoms with E-state index in [1.807, 2.05) is 37.3 Å². The van der Waals surface area contributed by atoms with Crippen LogP contribution in [0.4, 0.5) is 5.82 Å². The van der Waals surface area contributed by atoms with Gasteiger partial charge in [-0.15, -0.1) is 0 Å². The van der Waals surface area contributed by atoms with Gasteiger partial charge in [-0.25, -0.2) is 9.97 Å². The van der Waals surface area contributed by atoms with E-state index in [4.69, 9.17) is 10.7 Å². The second-order valence-electron chi connectivity index (χ2n) is 6.19. The first-order valence-electron chi connectivity index (χ1n) is 8.73. The fourth-order valence-corrected chi connectivity index (χ4v) is 2.80. The van der Waals surface area contributed by atoms with Gasteiger partial charge < -0.3 is 21.4 Å². The lowest BCUT2D eigenvalue weighted by Gasteiger charge is -2.10. The molecule has 2 heterocycles. The van der Waals surface area contributed by atoms with Crippen molar-refractivity contribution in [3.05, 3.63) is 41.6 Å². The molecule has 0 radical (unpaired) electrons. The number of anilines is 1. The highest BCUT2D eigenvalue weighted by molar-refractivity contribution is 5.92. The van der Waals surface area contributed by atoms with Crippen molar-refractivity contribution < 1.29 is 6.22 Å². The Balaban J connectivity index is 0.00000261. The maximum atomic E-state index is 11.2. The van der Waals surface area contributed by atoms with E-state index in [1.165, 1.54) is 0 Å². The van der Waals surface area contributed by atoms with Crippen molar-refractivity contribution in [2.75, 3.05) is 25.0 Å². The zero-order valence-corrected chi connectivity index (χ0v) is 15.1. The van der Waals surface area contributed by atoms with Crippen molar-refractivity contribution >= 4 is 22.8 Å².